The third-order valence-electron chi connectivity index (χ3n) is 3.82. The third-order valence-corrected chi connectivity index (χ3v) is 3.82. The van der Waals surface area contributed by atoms with Crippen LogP contribution in [0.3, 0.4) is 0 Å². The zero-order valence-electron chi connectivity index (χ0n) is 13.2. The number of para-hydroxylation sites is 1. The van der Waals surface area contributed by atoms with Crippen molar-refractivity contribution in [2.24, 2.45) is 0 Å². The zero-order chi connectivity index (χ0) is 16.4. The molecule has 0 unspecified atom stereocenters. The SMILES string of the molecule is CCc1nc2cccc(CC(C)=O)c2c(=O)n1-c1ccccc1. The van der Waals surface area contributed by atoms with E-state index in [1.54, 1.807) is 4.57 Å². The summed E-state index contributed by atoms with van der Waals surface area (Å²) in [5.41, 5.74) is 2.06. The van der Waals surface area contributed by atoms with Gasteiger partial charge in [-0.2, -0.15) is 0 Å². The number of hydrogen-bond acceptors (Lipinski definition) is 3. The molecule has 4 heteroatoms. The maximum Gasteiger partial charge on any atom is 0.266 e. The molecule has 1 aromatic heterocycles. The first kappa shape index (κ1) is 15.2. The lowest BCUT2D eigenvalue weighted by molar-refractivity contribution is -0.116. The van der Waals surface area contributed by atoms with Gasteiger partial charge in [0.05, 0.1) is 16.6 Å². The monoisotopic (exact) mass is 306 g/mol. The van der Waals surface area contributed by atoms with Gasteiger partial charge in [-0.05, 0) is 30.7 Å². The van der Waals surface area contributed by atoms with E-state index in [-0.39, 0.29) is 17.8 Å². The van der Waals surface area contributed by atoms with Crippen molar-refractivity contribution in [3.63, 3.8) is 0 Å². The molecule has 2 aromatic carbocycles. The number of benzene rings is 2. The highest BCUT2D eigenvalue weighted by atomic mass is 16.1. The molecule has 1 heterocycles. The van der Waals surface area contributed by atoms with Crippen LogP contribution in [0.15, 0.2) is 53.3 Å². The van der Waals surface area contributed by atoms with Crippen LogP contribution in [0.2, 0.25) is 0 Å². The maximum absolute atomic E-state index is 13.1. The number of rotatable bonds is 4. The molecule has 0 amide bonds. The maximum atomic E-state index is 13.1. The van der Waals surface area contributed by atoms with Gasteiger partial charge in [-0.1, -0.05) is 37.3 Å². The highest BCUT2D eigenvalue weighted by Gasteiger charge is 2.14. The van der Waals surface area contributed by atoms with E-state index in [0.717, 1.165) is 11.3 Å². The van der Waals surface area contributed by atoms with Crippen molar-refractivity contribution in [2.45, 2.75) is 26.7 Å². The molecular formula is C19H18N2O2. The number of ketones is 1. The van der Waals surface area contributed by atoms with E-state index in [1.807, 2.05) is 55.5 Å². The molecule has 0 fully saturated rings. The lowest BCUT2D eigenvalue weighted by atomic mass is 10.0. The molecule has 0 saturated carbocycles. The Labute approximate surface area is 134 Å². The van der Waals surface area contributed by atoms with E-state index in [0.29, 0.717) is 23.1 Å². The van der Waals surface area contributed by atoms with E-state index < -0.39 is 0 Å². The van der Waals surface area contributed by atoms with Crippen molar-refractivity contribution in [1.29, 1.82) is 0 Å². The van der Waals surface area contributed by atoms with Crippen molar-refractivity contribution in [1.82, 2.24) is 9.55 Å². The lowest BCUT2D eigenvalue weighted by Gasteiger charge is -2.14. The second-order valence-electron chi connectivity index (χ2n) is 5.55. The molecular weight excluding hydrogens is 288 g/mol. The minimum atomic E-state index is -0.116. The van der Waals surface area contributed by atoms with E-state index in [1.165, 1.54) is 6.92 Å². The Balaban J connectivity index is 2.38. The smallest absolute Gasteiger partial charge is 0.266 e. The third kappa shape index (κ3) is 2.80. The molecule has 0 saturated heterocycles. The normalized spacial score (nSPS) is 10.9. The molecule has 0 spiro atoms. The molecule has 0 aliphatic carbocycles. The fourth-order valence-corrected chi connectivity index (χ4v) is 2.84. The fourth-order valence-electron chi connectivity index (χ4n) is 2.84. The number of hydrogen-bond donors (Lipinski definition) is 0. The average Bonchev–Trinajstić information content (AvgIpc) is 2.54. The van der Waals surface area contributed by atoms with Crippen LogP contribution in [0, 0.1) is 0 Å². The standard InChI is InChI=1S/C19H18N2O2/c1-3-17-20-16-11-7-8-14(12-13(2)22)18(16)19(23)21(17)15-9-5-4-6-10-15/h4-11H,3,12H2,1-2H3. The summed E-state index contributed by atoms with van der Waals surface area (Å²) in [5, 5.41) is 0.531. The second-order valence-corrected chi connectivity index (χ2v) is 5.55. The van der Waals surface area contributed by atoms with Crippen molar-refractivity contribution < 1.29 is 4.79 Å². The first-order chi connectivity index (χ1) is 11.1. The molecule has 0 atom stereocenters. The van der Waals surface area contributed by atoms with Crippen LogP contribution >= 0.6 is 0 Å². The summed E-state index contributed by atoms with van der Waals surface area (Å²) in [6.45, 7) is 3.51. The first-order valence-electron chi connectivity index (χ1n) is 7.70. The van der Waals surface area contributed by atoms with Gasteiger partial charge < -0.3 is 0 Å². The number of carbonyl (C=O) groups is 1. The van der Waals surface area contributed by atoms with Crippen LogP contribution in [-0.4, -0.2) is 15.3 Å². The Kier molecular flexibility index (Phi) is 4.06. The predicted octanol–water partition coefficient (Wildman–Crippen LogP) is 3.08. The molecule has 0 bridgehead atoms. The van der Waals surface area contributed by atoms with E-state index in [9.17, 15) is 9.59 Å². The van der Waals surface area contributed by atoms with Gasteiger partial charge in [-0.15, -0.1) is 0 Å². The van der Waals surface area contributed by atoms with Gasteiger partial charge in [-0.3, -0.25) is 14.2 Å². The molecule has 0 aliphatic rings. The molecule has 0 radical (unpaired) electrons. The Bertz CT molecular complexity index is 927. The highest BCUT2D eigenvalue weighted by molar-refractivity contribution is 5.87. The quantitative estimate of drug-likeness (QED) is 0.744. The Morgan fingerprint density at radius 3 is 2.48 bits per heavy atom. The summed E-state index contributed by atoms with van der Waals surface area (Å²) < 4.78 is 1.64. The van der Waals surface area contributed by atoms with E-state index >= 15 is 0 Å². The molecule has 3 rings (SSSR count). The van der Waals surface area contributed by atoms with Gasteiger partial charge in [0.15, 0.2) is 0 Å². The van der Waals surface area contributed by atoms with E-state index in [2.05, 4.69) is 4.98 Å². The molecule has 23 heavy (non-hydrogen) atoms. The van der Waals surface area contributed by atoms with Crippen LogP contribution in [0.1, 0.15) is 25.2 Å². The van der Waals surface area contributed by atoms with Crippen LogP contribution in [0.25, 0.3) is 16.6 Å². The summed E-state index contributed by atoms with van der Waals surface area (Å²) in [7, 11) is 0. The summed E-state index contributed by atoms with van der Waals surface area (Å²) >= 11 is 0. The number of Topliss-reactive ketones (excluding diaryl/α,β-unsaturated/α-hetero) is 1. The van der Waals surface area contributed by atoms with Gasteiger partial charge in [-0.25, -0.2) is 4.98 Å². The number of aromatic nitrogens is 2. The Morgan fingerprint density at radius 1 is 1.09 bits per heavy atom. The van der Waals surface area contributed by atoms with Gasteiger partial charge in [0.25, 0.3) is 5.56 Å². The van der Waals surface area contributed by atoms with E-state index in [4.69, 9.17) is 0 Å². The Hall–Kier alpha value is -2.75. The minimum Gasteiger partial charge on any atom is -0.300 e. The summed E-state index contributed by atoms with van der Waals surface area (Å²) in [6.07, 6.45) is 0.894. The van der Waals surface area contributed by atoms with Crippen molar-refractivity contribution in [3.8, 4) is 5.69 Å². The van der Waals surface area contributed by atoms with Gasteiger partial charge >= 0.3 is 0 Å². The number of fused-ring (bicyclic) bond motifs is 1. The topological polar surface area (TPSA) is 52.0 Å². The molecule has 0 N–H and O–H groups in total. The lowest BCUT2D eigenvalue weighted by Crippen LogP contribution is -2.24. The van der Waals surface area contributed by atoms with Gasteiger partial charge in [0.2, 0.25) is 0 Å². The average molecular weight is 306 g/mol. The van der Waals surface area contributed by atoms with Crippen molar-refractivity contribution >= 4 is 16.7 Å². The largest absolute Gasteiger partial charge is 0.300 e. The summed E-state index contributed by atoms with van der Waals surface area (Å²) in [6, 6.07) is 15.0. The molecule has 0 aliphatic heterocycles. The summed E-state index contributed by atoms with van der Waals surface area (Å²) in [5.74, 6) is 0.747. The summed E-state index contributed by atoms with van der Waals surface area (Å²) in [4.78, 5) is 29.3. The fraction of sp³-hybridized carbons (Fsp3) is 0.211. The molecule has 4 nitrogen and oxygen atoms in total. The number of carbonyl (C=O) groups excluding carboxylic acids is 1. The van der Waals surface area contributed by atoms with Crippen LogP contribution in [0.4, 0.5) is 0 Å². The second kappa shape index (κ2) is 6.16. The van der Waals surface area contributed by atoms with Gasteiger partial charge in [0, 0.05) is 12.8 Å². The van der Waals surface area contributed by atoms with Crippen LogP contribution in [-0.2, 0) is 17.6 Å². The molecule has 3 aromatic rings. The number of aryl methyl sites for hydroxylation is 1. The van der Waals surface area contributed by atoms with Crippen molar-refractivity contribution in [2.75, 3.05) is 0 Å². The number of nitrogens with zero attached hydrogens (tertiary/aromatic N) is 2. The van der Waals surface area contributed by atoms with Crippen LogP contribution < -0.4 is 5.56 Å². The predicted molar refractivity (Wildman–Crippen MR) is 91.1 cm³/mol. The minimum absolute atomic E-state index is 0.0303. The Morgan fingerprint density at radius 2 is 1.83 bits per heavy atom. The highest BCUT2D eigenvalue weighted by Crippen LogP contribution is 2.17. The zero-order valence-corrected chi connectivity index (χ0v) is 13.2. The van der Waals surface area contributed by atoms with Crippen LogP contribution in [0.5, 0.6) is 0 Å². The van der Waals surface area contributed by atoms with Gasteiger partial charge in [0.1, 0.15) is 11.6 Å². The first-order valence-corrected chi connectivity index (χ1v) is 7.70. The molecule has 116 valence electrons. The van der Waals surface area contributed by atoms with Crippen molar-refractivity contribution in [3.05, 3.63) is 70.3 Å².